The molecule has 3 rings (SSSR count). The molecule has 3 aliphatic rings. The van der Waals surface area contributed by atoms with Crippen molar-refractivity contribution in [3.05, 3.63) is 24.3 Å². The van der Waals surface area contributed by atoms with Gasteiger partial charge in [0.2, 0.25) is 0 Å². The number of hydrogen-bond acceptors (Lipinski definition) is 2. The van der Waals surface area contributed by atoms with Gasteiger partial charge in [-0.05, 0) is 12.8 Å². The Kier molecular flexibility index (Phi) is 2.13. The van der Waals surface area contributed by atoms with Crippen LogP contribution in [0, 0.1) is 10.8 Å². The van der Waals surface area contributed by atoms with E-state index < -0.39 is 14.5 Å². The lowest BCUT2D eigenvalue weighted by atomic mass is 9.56. The molecular weight excluding hydrogens is 244 g/mol. The third-order valence-electron chi connectivity index (χ3n) is 4.49. The molecule has 16 heavy (non-hydrogen) atoms. The van der Waals surface area contributed by atoms with Crippen molar-refractivity contribution >= 4 is 21.4 Å². The molecule has 0 N–H and O–H groups in total. The van der Waals surface area contributed by atoms with Crippen LogP contribution in [0.25, 0.3) is 0 Å². The summed E-state index contributed by atoms with van der Waals surface area (Å²) in [6.07, 6.45) is 12.1. The topological polar surface area (TPSA) is 34.1 Å². The maximum atomic E-state index is 12.1. The molecular formula is C12H15ClO2S. The van der Waals surface area contributed by atoms with Gasteiger partial charge in [-0.15, -0.1) is 11.6 Å². The average Bonchev–Trinajstić information content (AvgIpc) is 2.45. The Balaban J connectivity index is 2.23. The SMILES string of the molecule is O=S1(=O)CC23C=CC=CC2(CCCC3)C1Cl. The molecule has 0 aromatic carbocycles. The number of alkyl halides is 1. The predicted octanol–water partition coefficient (Wildman–Crippen LogP) is 2.65. The van der Waals surface area contributed by atoms with E-state index in [0.29, 0.717) is 0 Å². The number of rotatable bonds is 0. The molecule has 4 heteroatoms. The monoisotopic (exact) mass is 258 g/mol. The maximum absolute atomic E-state index is 12.1. The summed E-state index contributed by atoms with van der Waals surface area (Å²) in [5.74, 6) is 0.231. The first kappa shape index (κ1) is 10.8. The van der Waals surface area contributed by atoms with Crippen molar-refractivity contribution in [1.29, 1.82) is 0 Å². The third-order valence-corrected chi connectivity index (χ3v) is 7.66. The second-order valence-corrected chi connectivity index (χ2v) is 8.03. The van der Waals surface area contributed by atoms with Gasteiger partial charge in [-0.25, -0.2) is 8.42 Å². The highest BCUT2D eigenvalue weighted by Gasteiger charge is 2.65. The summed E-state index contributed by atoms with van der Waals surface area (Å²) in [5.41, 5.74) is -0.550. The normalized spacial score (nSPS) is 48.7. The number of sulfone groups is 1. The number of halogens is 1. The van der Waals surface area contributed by atoms with Crippen molar-refractivity contribution in [2.75, 3.05) is 5.75 Å². The highest BCUT2D eigenvalue weighted by Crippen LogP contribution is 2.63. The van der Waals surface area contributed by atoms with Crippen LogP contribution in [-0.2, 0) is 9.84 Å². The fourth-order valence-corrected chi connectivity index (χ4v) is 6.75. The first-order valence-electron chi connectivity index (χ1n) is 5.75. The standard InChI is InChI=1S/C12H15ClO2S/c13-10-12-7-3-1-5-11(12,6-2-4-8-12)9-16(10,14)15/h1,3,5,7,10H,2,4,6,8-9H2. The van der Waals surface area contributed by atoms with Crippen LogP contribution < -0.4 is 0 Å². The van der Waals surface area contributed by atoms with Crippen molar-refractivity contribution in [1.82, 2.24) is 0 Å². The van der Waals surface area contributed by atoms with Crippen molar-refractivity contribution in [2.24, 2.45) is 10.8 Å². The Morgan fingerprint density at radius 1 is 1.12 bits per heavy atom. The van der Waals surface area contributed by atoms with Gasteiger partial charge >= 0.3 is 0 Å². The summed E-state index contributed by atoms with van der Waals surface area (Å²) in [4.78, 5) is 0. The minimum absolute atomic E-state index is 0.217. The molecule has 3 unspecified atom stereocenters. The van der Waals surface area contributed by atoms with Gasteiger partial charge in [-0.3, -0.25) is 0 Å². The Bertz CT molecular complexity index is 479. The summed E-state index contributed by atoms with van der Waals surface area (Å²) in [7, 11) is -3.15. The van der Waals surface area contributed by atoms with E-state index in [2.05, 4.69) is 6.08 Å². The largest absolute Gasteiger partial charge is 0.227 e. The first-order chi connectivity index (χ1) is 7.53. The summed E-state index contributed by atoms with van der Waals surface area (Å²) < 4.78 is 23.4. The smallest absolute Gasteiger partial charge is 0.168 e. The molecule has 2 nitrogen and oxygen atoms in total. The third kappa shape index (κ3) is 1.11. The second kappa shape index (κ2) is 3.14. The van der Waals surface area contributed by atoms with Crippen LogP contribution in [0.3, 0.4) is 0 Å². The zero-order chi connectivity index (χ0) is 11.4. The van der Waals surface area contributed by atoms with E-state index in [0.717, 1.165) is 25.7 Å². The molecule has 1 aliphatic heterocycles. The van der Waals surface area contributed by atoms with Crippen molar-refractivity contribution in [3.63, 3.8) is 0 Å². The van der Waals surface area contributed by atoms with Crippen LogP contribution in [-0.4, -0.2) is 18.9 Å². The number of hydrogen-bond donors (Lipinski definition) is 0. The van der Waals surface area contributed by atoms with Crippen LogP contribution >= 0.6 is 11.6 Å². The predicted molar refractivity (Wildman–Crippen MR) is 65.0 cm³/mol. The molecule has 0 aromatic heterocycles. The Labute approximate surface area is 101 Å². The van der Waals surface area contributed by atoms with Crippen LogP contribution in [0.1, 0.15) is 25.7 Å². The van der Waals surface area contributed by atoms with E-state index in [9.17, 15) is 8.42 Å². The maximum Gasteiger partial charge on any atom is 0.168 e. The average molecular weight is 259 g/mol. The molecule has 1 saturated carbocycles. The first-order valence-corrected chi connectivity index (χ1v) is 7.90. The molecule has 3 atom stereocenters. The van der Waals surface area contributed by atoms with Crippen molar-refractivity contribution in [3.8, 4) is 0 Å². The molecule has 0 bridgehead atoms. The van der Waals surface area contributed by atoms with E-state index in [1.54, 1.807) is 0 Å². The lowest BCUT2D eigenvalue weighted by Crippen LogP contribution is -2.44. The van der Waals surface area contributed by atoms with Gasteiger partial charge in [0.1, 0.15) is 4.71 Å². The molecule has 1 saturated heterocycles. The molecule has 0 spiro atoms. The Hall–Kier alpha value is -0.280. The molecule has 0 radical (unpaired) electrons. The summed E-state index contributed by atoms with van der Waals surface area (Å²) in [6.45, 7) is 0. The summed E-state index contributed by atoms with van der Waals surface area (Å²) in [6, 6.07) is 0. The van der Waals surface area contributed by atoms with E-state index in [1.165, 1.54) is 0 Å². The second-order valence-electron chi connectivity index (χ2n) is 5.25. The molecule has 0 amide bonds. The molecule has 1 heterocycles. The minimum atomic E-state index is -3.15. The van der Waals surface area contributed by atoms with Crippen LogP contribution in [0.15, 0.2) is 24.3 Å². The van der Waals surface area contributed by atoms with E-state index in [4.69, 9.17) is 11.6 Å². The highest BCUT2D eigenvalue weighted by molar-refractivity contribution is 7.93. The van der Waals surface area contributed by atoms with E-state index in [-0.39, 0.29) is 16.6 Å². The summed E-state index contributed by atoms with van der Waals surface area (Å²) in [5, 5.41) is 0. The molecule has 2 fully saturated rings. The van der Waals surface area contributed by atoms with Crippen LogP contribution in [0.5, 0.6) is 0 Å². The molecule has 2 aliphatic carbocycles. The highest BCUT2D eigenvalue weighted by atomic mass is 35.5. The quantitative estimate of drug-likeness (QED) is 0.626. The van der Waals surface area contributed by atoms with Gasteiger partial charge in [0.15, 0.2) is 9.84 Å². The van der Waals surface area contributed by atoms with Gasteiger partial charge in [-0.2, -0.15) is 0 Å². The summed E-state index contributed by atoms with van der Waals surface area (Å²) >= 11 is 6.26. The van der Waals surface area contributed by atoms with Crippen LogP contribution in [0.4, 0.5) is 0 Å². The van der Waals surface area contributed by atoms with Gasteiger partial charge < -0.3 is 0 Å². The van der Waals surface area contributed by atoms with Gasteiger partial charge in [0, 0.05) is 10.8 Å². The minimum Gasteiger partial charge on any atom is -0.227 e. The Morgan fingerprint density at radius 3 is 2.56 bits per heavy atom. The fourth-order valence-electron chi connectivity index (χ4n) is 3.72. The van der Waals surface area contributed by atoms with Crippen molar-refractivity contribution < 1.29 is 8.42 Å². The lowest BCUT2D eigenvalue weighted by Gasteiger charge is -2.47. The lowest BCUT2D eigenvalue weighted by molar-refractivity contribution is 0.122. The van der Waals surface area contributed by atoms with Gasteiger partial charge in [0.05, 0.1) is 5.75 Å². The zero-order valence-electron chi connectivity index (χ0n) is 9.02. The molecule has 0 aromatic rings. The molecule has 88 valence electrons. The zero-order valence-corrected chi connectivity index (χ0v) is 10.6. The van der Waals surface area contributed by atoms with Gasteiger partial charge in [-0.1, -0.05) is 37.1 Å². The Morgan fingerprint density at radius 2 is 1.81 bits per heavy atom. The van der Waals surface area contributed by atoms with Crippen molar-refractivity contribution in [2.45, 2.75) is 30.4 Å². The van der Waals surface area contributed by atoms with E-state index >= 15 is 0 Å². The van der Waals surface area contributed by atoms with E-state index in [1.807, 2.05) is 18.2 Å². The van der Waals surface area contributed by atoms with Crippen LogP contribution in [0.2, 0.25) is 0 Å². The van der Waals surface area contributed by atoms with Gasteiger partial charge in [0.25, 0.3) is 0 Å². The fraction of sp³-hybridized carbons (Fsp3) is 0.667. The number of allylic oxidation sites excluding steroid dienone is 4.